The zero-order valence-corrected chi connectivity index (χ0v) is 20.3. The van der Waals surface area contributed by atoms with Gasteiger partial charge in [0.05, 0.1) is 10.8 Å². The molecule has 0 spiro atoms. The van der Waals surface area contributed by atoms with E-state index in [1.165, 1.54) is 12.5 Å². The van der Waals surface area contributed by atoms with E-state index in [0.717, 1.165) is 5.56 Å². The molecule has 0 radical (unpaired) electrons. The van der Waals surface area contributed by atoms with Crippen LogP contribution < -0.4 is 16.0 Å². The van der Waals surface area contributed by atoms with E-state index in [-0.39, 0.29) is 22.4 Å². The first-order valence-corrected chi connectivity index (χ1v) is 12.1. The molecular weight excluding hydrogens is 485 g/mol. The highest BCUT2D eigenvalue weighted by atomic mass is 35.5. The molecule has 0 bridgehead atoms. The van der Waals surface area contributed by atoms with Crippen molar-refractivity contribution in [3.8, 4) is 0 Å². The lowest BCUT2D eigenvalue weighted by Gasteiger charge is -2.13. The lowest BCUT2D eigenvalue weighted by atomic mass is 10.1. The Morgan fingerprint density at radius 2 is 1.82 bits per heavy atom. The molecule has 0 saturated heterocycles. The third-order valence-corrected chi connectivity index (χ3v) is 5.86. The highest BCUT2D eigenvalue weighted by Gasteiger charge is 2.17. The number of benzene rings is 2. The molecule has 1 aromatic heterocycles. The topological polar surface area (TPSA) is 113 Å². The Morgan fingerprint density at radius 3 is 2.48 bits per heavy atom. The van der Waals surface area contributed by atoms with Gasteiger partial charge in [-0.3, -0.25) is 13.8 Å². The Morgan fingerprint density at radius 1 is 1.06 bits per heavy atom. The summed E-state index contributed by atoms with van der Waals surface area (Å²) in [5, 5.41) is 8.55. The maximum Gasteiger partial charge on any atom is 0.261 e. The fourth-order valence-electron chi connectivity index (χ4n) is 2.90. The summed E-state index contributed by atoms with van der Waals surface area (Å²) < 4.78 is 11.6. The second-order valence-corrected chi connectivity index (χ2v) is 9.35. The number of halogens is 2. The van der Waals surface area contributed by atoms with Crippen molar-refractivity contribution in [3.05, 3.63) is 70.9 Å². The molecule has 3 N–H and O–H groups in total. The quantitative estimate of drug-likeness (QED) is 0.320. The molecular formula is C22H21Cl2N5O3S. The second-order valence-electron chi connectivity index (χ2n) is 6.98. The number of rotatable bonds is 7. The van der Waals surface area contributed by atoms with Crippen molar-refractivity contribution in [2.75, 3.05) is 29.3 Å². The largest absolute Gasteiger partial charge is 0.372 e. The first-order valence-electron chi connectivity index (χ1n) is 9.69. The van der Waals surface area contributed by atoms with Gasteiger partial charge in [-0.15, -0.1) is 23.2 Å². The number of hydrogen-bond donors (Lipinski definition) is 3. The number of aryl methyl sites for hydroxylation is 1. The normalized spacial score (nSPS) is 11.7. The number of nitrogens with zero attached hydrogens (tertiary/aromatic N) is 2. The van der Waals surface area contributed by atoms with Crippen molar-refractivity contribution in [2.24, 2.45) is 0 Å². The number of aromatic nitrogens is 2. The third kappa shape index (κ3) is 6.07. The summed E-state index contributed by atoms with van der Waals surface area (Å²) in [4.78, 5) is 32.9. The SMILES string of the molecule is CNc1nc(S(C)=O)ncc1C(=O)Nc1cc(NC(=O)c2cccc(C(Cl)Cl)c2)ccc1C. The maximum absolute atomic E-state index is 12.9. The molecule has 172 valence electrons. The second kappa shape index (κ2) is 10.7. The molecule has 0 aliphatic carbocycles. The van der Waals surface area contributed by atoms with E-state index in [4.69, 9.17) is 23.2 Å². The number of carbonyl (C=O) groups excluding carboxylic acids is 2. The van der Waals surface area contributed by atoms with Crippen LogP contribution in [0, 0.1) is 6.92 Å². The molecule has 3 rings (SSSR count). The molecule has 3 aromatic rings. The molecule has 1 atom stereocenters. The van der Waals surface area contributed by atoms with E-state index >= 15 is 0 Å². The van der Waals surface area contributed by atoms with Crippen LogP contribution in [0.15, 0.2) is 53.8 Å². The molecule has 1 unspecified atom stereocenters. The van der Waals surface area contributed by atoms with Crippen LogP contribution in [0.2, 0.25) is 0 Å². The van der Waals surface area contributed by atoms with Gasteiger partial charge in [-0.2, -0.15) is 0 Å². The van der Waals surface area contributed by atoms with Crippen LogP contribution in [0.3, 0.4) is 0 Å². The van der Waals surface area contributed by atoms with Crippen LogP contribution in [-0.2, 0) is 10.8 Å². The number of anilines is 3. The van der Waals surface area contributed by atoms with Crippen LogP contribution in [-0.4, -0.2) is 39.3 Å². The summed E-state index contributed by atoms with van der Waals surface area (Å²) in [7, 11) is 0.224. The molecule has 33 heavy (non-hydrogen) atoms. The van der Waals surface area contributed by atoms with E-state index in [0.29, 0.717) is 22.5 Å². The zero-order valence-electron chi connectivity index (χ0n) is 18.0. The van der Waals surface area contributed by atoms with Gasteiger partial charge in [0.15, 0.2) is 0 Å². The molecule has 2 aromatic carbocycles. The summed E-state index contributed by atoms with van der Waals surface area (Å²) in [6, 6.07) is 11.8. The number of carbonyl (C=O) groups is 2. The smallest absolute Gasteiger partial charge is 0.261 e. The Kier molecular flexibility index (Phi) is 8.01. The van der Waals surface area contributed by atoms with Gasteiger partial charge in [0.1, 0.15) is 16.2 Å². The molecule has 0 fully saturated rings. The molecule has 11 heteroatoms. The average Bonchev–Trinajstić information content (AvgIpc) is 2.80. The monoisotopic (exact) mass is 505 g/mol. The molecule has 0 aliphatic heterocycles. The van der Waals surface area contributed by atoms with Crippen molar-refractivity contribution < 1.29 is 13.8 Å². The molecule has 0 aliphatic rings. The van der Waals surface area contributed by atoms with Crippen LogP contribution in [0.4, 0.5) is 17.2 Å². The van der Waals surface area contributed by atoms with E-state index in [1.807, 2.05) is 6.92 Å². The third-order valence-electron chi connectivity index (χ3n) is 4.65. The summed E-state index contributed by atoms with van der Waals surface area (Å²) in [6.45, 7) is 1.82. The highest BCUT2D eigenvalue weighted by Crippen LogP contribution is 2.26. The van der Waals surface area contributed by atoms with Gasteiger partial charge in [-0.05, 0) is 42.3 Å². The summed E-state index contributed by atoms with van der Waals surface area (Å²) >= 11 is 11.8. The standard InChI is InChI=1S/C22H21Cl2N5O3S/c1-12-7-8-15(27-20(30)14-6-4-5-13(9-14)18(23)24)10-17(12)28-21(31)16-11-26-22(33(3)32)29-19(16)25-2/h4-11,18H,1-3H3,(H,27,30)(H,28,31)(H,25,26,29). The van der Waals surface area contributed by atoms with Gasteiger partial charge >= 0.3 is 0 Å². The Labute approximate surface area is 203 Å². The van der Waals surface area contributed by atoms with E-state index in [2.05, 4.69) is 25.9 Å². The van der Waals surface area contributed by atoms with Gasteiger partial charge in [0.25, 0.3) is 11.8 Å². The van der Waals surface area contributed by atoms with Crippen LogP contribution >= 0.6 is 23.2 Å². The summed E-state index contributed by atoms with van der Waals surface area (Å²) in [6.07, 6.45) is 2.78. The zero-order chi connectivity index (χ0) is 24.1. The van der Waals surface area contributed by atoms with Crippen molar-refractivity contribution in [1.82, 2.24) is 9.97 Å². The van der Waals surface area contributed by atoms with Gasteiger partial charge in [0.2, 0.25) is 5.16 Å². The number of alkyl halides is 2. The van der Waals surface area contributed by atoms with Crippen molar-refractivity contribution in [1.29, 1.82) is 0 Å². The Hall–Kier alpha value is -3.01. The first-order chi connectivity index (χ1) is 15.7. The van der Waals surface area contributed by atoms with Crippen LogP contribution in [0.25, 0.3) is 0 Å². The Balaban J connectivity index is 1.81. The van der Waals surface area contributed by atoms with Crippen molar-refractivity contribution >= 4 is 63.0 Å². The lowest BCUT2D eigenvalue weighted by Crippen LogP contribution is -2.17. The fourth-order valence-corrected chi connectivity index (χ4v) is 3.60. The highest BCUT2D eigenvalue weighted by molar-refractivity contribution is 7.84. The van der Waals surface area contributed by atoms with Gasteiger partial charge in [-0.25, -0.2) is 9.97 Å². The van der Waals surface area contributed by atoms with Gasteiger partial charge in [0, 0.05) is 36.4 Å². The van der Waals surface area contributed by atoms with Crippen LogP contribution in [0.5, 0.6) is 0 Å². The molecule has 0 saturated carbocycles. The lowest BCUT2D eigenvalue weighted by molar-refractivity contribution is 0.101. The number of amides is 2. The van der Waals surface area contributed by atoms with E-state index in [9.17, 15) is 13.8 Å². The molecule has 1 heterocycles. The minimum Gasteiger partial charge on any atom is -0.372 e. The number of hydrogen-bond acceptors (Lipinski definition) is 6. The summed E-state index contributed by atoms with van der Waals surface area (Å²) in [5.74, 6) is -0.546. The van der Waals surface area contributed by atoms with Crippen molar-refractivity contribution in [2.45, 2.75) is 16.9 Å². The van der Waals surface area contributed by atoms with Crippen molar-refractivity contribution in [3.63, 3.8) is 0 Å². The predicted molar refractivity (Wildman–Crippen MR) is 132 cm³/mol. The van der Waals surface area contributed by atoms with Gasteiger partial charge < -0.3 is 16.0 Å². The molecule has 2 amide bonds. The average molecular weight is 506 g/mol. The minimum atomic E-state index is -1.38. The van der Waals surface area contributed by atoms with Gasteiger partial charge in [-0.1, -0.05) is 18.2 Å². The van der Waals surface area contributed by atoms with Crippen LogP contribution in [0.1, 0.15) is 36.7 Å². The minimum absolute atomic E-state index is 0.121. The fraction of sp³-hybridized carbons (Fsp3) is 0.182. The number of nitrogens with one attached hydrogen (secondary N) is 3. The predicted octanol–water partition coefficient (Wildman–Crippen LogP) is 4.54. The molecule has 8 nitrogen and oxygen atoms in total. The summed E-state index contributed by atoms with van der Waals surface area (Å²) in [5.41, 5.74) is 2.97. The van der Waals surface area contributed by atoms with E-state index in [1.54, 1.807) is 49.5 Å². The van der Waals surface area contributed by atoms with E-state index < -0.39 is 21.5 Å². The Bertz CT molecular complexity index is 1240. The first kappa shape index (κ1) is 24.6. The maximum atomic E-state index is 12.9.